The number of benzene rings is 2. The monoisotopic (exact) mass is 334 g/mol. The van der Waals surface area contributed by atoms with Crippen molar-refractivity contribution in [3.05, 3.63) is 59.7 Å². The Morgan fingerprint density at radius 2 is 1.05 bits per heavy atom. The highest BCUT2D eigenvalue weighted by molar-refractivity contribution is 7.17. The van der Waals surface area contributed by atoms with Gasteiger partial charge in [-0.2, -0.15) is 0 Å². The van der Waals surface area contributed by atoms with Crippen molar-refractivity contribution >= 4 is 34.5 Å². The van der Waals surface area contributed by atoms with Gasteiger partial charge in [0.05, 0.1) is 0 Å². The fourth-order valence-corrected chi connectivity index (χ4v) is 3.14. The van der Waals surface area contributed by atoms with E-state index in [2.05, 4.69) is 10.2 Å². The van der Waals surface area contributed by atoms with Gasteiger partial charge in [-0.1, -0.05) is 59.9 Å². The van der Waals surface area contributed by atoms with E-state index in [1.165, 1.54) is 0 Å². The predicted octanol–water partition coefficient (Wildman–Crippen LogP) is 5.35. The maximum absolute atomic E-state index is 5.80. The molecular weight excluding hydrogens is 323 g/mol. The van der Waals surface area contributed by atoms with E-state index in [9.17, 15) is 0 Å². The van der Waals surface area contributed by atoms with Crippen molar-refractivity contribution in [1.82, 2.24) is 10.2 Å². The van der Waals surface area contributed by atoms with Gasteiger partial charge in [0.1, 0.15) is 10.0 Å². The van der Waals surface area contributed by atoms with E-state index in [0.717, 1.165) is 32.3 Å². The summed E-state index contributed by atoms with van der Waals surface area (Å²) in [6, 6.07) is 16.2. The number of halogens is 2. The van der Waals surface area contributed by atoms with E-state index in [4.69, 9.17) is 23.2 Å². The van der Waals surface area contributed by atoms with Crippen molar-refractivity contribution in [2.75, 3.05) is 0 Å². The molecule has 2 aromatic carbocycles. The molecule has 0 atom stereocenters. The van der Waals surface area contributed by atoms with Crippen LogP contribution in [0.1, 0.15) is 11.1 Å². The Balaban J connectivity index is 1.87. The lowest BCUT2D eigenvalue weighted by Gasteiger charge is -1.98. The van der Waals surface area contributed by atoms with Crippen molar-refractivity contribution in [1.29, 1.82) is 0 Å². The number of hydrogen-bond donors (Lipinski definition) is 0. The van der Waals surface area contributed by atoms with Crippen LogP contribution < -0.4 is 0 Å². The molecule has 0 saturated heterocycles. The van der Waals surface area contributed by atoms with Gasteiger partial charge in [0.25, 0.3) is 0 Å². The molecule has 5 heteroatoms. The Kier molecular flexibility index (Phi) is 4.54. The lowest BCUT2D eigenvalue weighted by Crippen LogP contribution is -1.80. The van der Waals surface area contributed by atoms with Gasteiger partial charge < -0.3 is 0 Å². The molecule has 0 spiro atoms. The van der Waals surface area contributed by atoms with Crippen LogP contribution in [-0.4, -0.2) is 10.2 Å². The number of rotatable bonds is 4. The van der Waals surface area contributed by atoms with Crippen LogP contribution in [0.15, 0.2) is 48.5 Å². The van der Waals surface area contributed by atoms with Gasteiger partial charge in [-0.3, -0.25) is 0 Å². The Hall–Kier alpha value is -1.42. The van der Waals surface area contributed by atoms with Crippen molar-refractivity contribution < 1.29 is 0 Å². The molecule has 0 radical (unpaired) electrons. The predicted molar refractivity (Wildman–Crippen MR) is 89.9 cm³/mol. The zero-order valence-electron chi connectivity index (χ0n) is 11.1. The smallest absolute Gasteiger partial charge is 0.138 e. The second-order valence-corrected chi connectivity index (χ2v) is 6.09. The molecule has 3 aromatic rings. The van der Waals surface area contributed by atoms with Gasteiger partial charge in [0.15, 0.2) is 0 Å². The Morgan fingerprint density at radius 3 is 1.38 bits per heavy atom. The first kappa shape index (κ1) is 14.5. The van der Waals surface area contributed by atoms with Crippen molar-refractivity contribution in [3.63, 3.8) is 0 Å². The molecule has 106 valence electrons. The first-order chi connectivity index (χ1) is 10.3. The molecule has 21 heavy (non-hydrogen) atoms. The SMILES string of the molecule is ClCc1ccc(-c2nnc(-c3ccc(CCl)cc3)s2)cc1. The topological polar surface area (TPSA) is 25.8 Å². The summed E-state index contributed by atoms with van der Waals surface area (Å²) in [5, 5.41) is 10.4. The standard InChI is InChI=1S/C16H12Cl2N2S/c17-9-11-1-5-13(6-2-11)15-19-20-16(21-15)14-7-3-12(10-18)4-8-14/h1-8H,9-10H2. The minimum absolute atomic E-state index is 0.522. The number of alkyl halides is 2. The third-order valence-electron chi connectivity index (χ3n) is 3.14. The zero-order chi connectivity index (χ0) is 14.7. The van der Waals surface area contributed by atoms with Gasteiger partial charge in [0, 0.05) is 22.9 Å². The molecule has 0 aliphatic rings. The summed E-state index contributed by atoms with van der Waals surface area (Å²) in [6.45, 7) is 0. The quantitative estimate of drug-likeness (QED) is 0.601. The summed E-state index contributed by atoms with van der Waals surface area (Å²) in [7, 11) is 0. The van der Waals surface area contributed by atoms with Crippen LogP contribution in [0.4, 0.5) is 0 Å². The molecule has 1 aromatic heterocycles. The normalized spacial score (nSPS) is 10.8. The second kappa shape index (κ2) is 6.56. The maximum atomic E-state index is 5.80. The van der Waals surface area contributed by atoms with E-state index in [0.29, 0.717) is 11.8 Å². The third kappa shape index (κ3) is 3.26. The number of hydrogen-bond acceptors (Lipinski definition) is 3. The van der Waals surface area contributed by atoms with Crippen molar-refractivity contribution in [3.8, 4) is 21.1 Å². The average molecular weight is 335 g/mol. The largest absolute Gasteiger partial charge is 0.148 e. The highest BCUT2D eigenvalue weighted by Gasteiger charge is 2.08. The second-order valence-electron chi connectivity index (χ2n) is 4.57. The van der Waals surface area contributed by atoms with Crippen molar-refractivity contribution in [2.24, 2.45) is 0 Å². The zero-order valence-corrected chi connectivity index (χ0v) is 13.4. The molecule has 3 rings (SSSR count). The Morgan fingerprint density at radius 1 is 0.667 bits per heavy atom. The minimum Gasteiger partial charge on any atom is -0.138 e. The molecule has 0 fully saturated rings. The summed E-state index contributed by atoms with van der Waals surface area (Å²) in [4.78, 5) is 0. The first-order valence-electron chi connectivity index (χ1n) is 6.44. The minimum atomic E-state index is 0.522. The van der Waals surface area contributed by atoms with Crippen molar-refractivity contribution in [2.45, 2.75) is 11.8 Å². The lowest BCUT2D eigenvalue weighted by molar-refractivity contribution is 1.10. The summed E-state index contributed by atoms with van der Waals surface area (Å²) >= 11 is 13.2. The lowest BCUT2D eigenvalue weighted by atomic mass is 10.2. The highest BCUT2D eigenvalue weighted by atomic mass is 35.5. The van der Waals surface area contributed by atoms with Crippen LogP contribution >= 0.6 is 34.5 Å². The van der Waals surface area contributed by atoms with Crippen LogP contribution in [0.3, 0.4) is 0 Å². The Bertz CT molecular complexity index is 659. The molecule has 0 saturated carbocycles. The summed E-state index contributed by atoms with van der Waals surface area (Å²) in [5.74, 6) is 1.04. The molecule has 1 heterocycles. The summed E-state index contributed by atoms with van der Waals surface area (Å²) < 4.78 is 0. The number of aromatic nitrogens is 2. The van der Waals surface area contributed by atoms with E-state index >= 15 is 0 Å². The summed E-state index contributed by atoms with van der Waals surface area (Å²) in [5.41, 5.74) is 4.32. The molecule has 0 amide bonds. The fraction of sp³-hybridized carbons (Fsp3) is 0.125. The van der Waals surface area contributed by atoms with Crippen LogP contribution in [-0.2, 0) is 11.8 Å². The Labute approximate surface area is 137 Å². The molecule has 0 aliphatic heterocycles. The molecule has 0 bridgehead atoms. The van der Waals surface area contributed by atoms with E-state index < -0.39 is 0 Å². The number of nitrogens with zero attached hydrogens (tertiary/aromatic N) is 2. The van der Waals surface area contributed by atoms with E-state index in [-0.39, 0.29) is 0 Å². The van der Waals surface area contributed by atoms with Gasteiger partial charge in [-0.25, -0.2) is 0 Å². The summed E-state index contributed by atoms with van der Waals surface area (Å²) in [6.07, 6.45) is 0. The van der Waals surface area contributed by atoms with Crippen LogP contribution in [0, 0.1) is 0 Å². The van der Waals surface area contributed by atoms with Crippen LogP contribution in [0.25, 0.3) is 21.1 Å². The van der Waals surface area contributed by atoms with Crippen LogP contribution in [0.5, 0.6) is 0 Å². The van der Waals surface area contributed by atoms with E-state index in [1.54, 1.807) is 11.3 Å². The van der Waals surface area contributed by atoms with Gasteiger partial charge >= 0.3 is 0 Å². The molecule has 0 aliphatic carbocycles. The van der Waals surface area contributed by atoms with Gasteiger partial charge in [-0.15, -0.1) is 33.4 Å². The first-order valence-corrected chi connectivity index (χ1v) is 8.33. The maximum Gasteiger partial charge on any atom is 0.148 e. The van der Waals surface area contributed by atoms with Gasteiger partial charge in [0.2, 0.25) is 0 Å². The molecular formula is C16H12Cl2N2S. The van der Waals surface area contributed by atoms with Gasteiger partial charge in [-0.05, 0) is 11.1 Å². The average Bonchev–Trinajstić information content (AvgIpc) is 3.05. The highest BCUT2D eigenvalue weighted by Crippen LogP contribution is 2.30. The third-order valence-corrected chi connectivity index (χ3v) is 4.77. The molecule has 2 nitrogen and oxygen atoms in total. The molecule has 0 N–H and O–H groups in total. The molecule has 0 unspecified atom stereocenters. The van der Waals surface area contributed by atoms with Crippen LogP contribution in [0.2, 0.25) is 0 Å². The van der Waals surface area contributed by atoms with E-state index in [1.807, 2.05) is 48.5 Å². The fourth-order valence-electron chi connectivity index (χ4n) is 1.93.